The van der Waals surface area contributed by atoms with Crippen molar-refractivity contribution in [3.8, 4) is 0 Å². The number of fused-ring (bicyclic) bond motifs is 1. The van der Waals surface area contributed by atoms with Crippen LogP contribution in [0.5, 0.6) is 0 Å². The molecule has 12 heteroatoms. The summed E-state index contributed by atoms with van der Waals surface area (Å²) in [5.74, 6) is -0.273. The Kier molecular flexibility index (Phi) is 9.59. The first-order valence-electron chi connectivity index (χ1n) is 14.0. The number of amides is 1. The Hall–Kier alpha value is -2.70. The molecule has 3 saturated heterocycles. The van der Waals surface area contributed by atoms with Gasteiger partial charge in [0.05, 0.1) is 23.8 Å². The zero-order valence-corrected chi connectivity index (χ0v) is 23.5. The average Bonchev–Trinajstić information content (AvgIpc) is 3.23. The molecule has 3 aliphatic heterocycles. The number of hydrogen-bond acceptors (Lipinski definition) is 4. The van der Waals surface area contributed by atoms with Gasteiger partial charge in [0.25, 0.3) is 0 Å². The standard InChI is InChI=1S/C24H31F6N3O2.C6H5F/c1-14-19-10-18(32-5-3-22(2,31)4-6-32)11-21(34)33(19)12-20(14)35-13-15-7-16(23(25,26)27)9-17(8-15)24(28,29)30;7-6-4-2-1-3-5-6/h7-9,14,18-20H,3-6,10-13,31H2,1-2H3;1-5H. The molecule has 5 nitrogen and oxygen atoms in total. The summed E-state index contributed by atoms with van der Waals surface area (Å²) >= 11 is 0. The van der Waals surface area contributed by atoms with Crippen molar-refractivity contribution in [3.05, 3.63) is 71.0 Å². The van der Waals surface area contributed by atoms with E-state index in [0.717, 1.165) is 32.4 Å². The first-order chi connectivity index (χ1) is 19.5. The number of likely N-dealkylation sites (tertiary alicyclic amines) is 1. The van der Waals surface area contributed by atoms with Gasteiger partial charge in [-0.3, -0.25) is 9.69 Å². The fourth-order valence-electron chi connectivity index (χ4n) is 5.94. The molecule has 0 aromatic heterocycles. The van der Waals surface area contributed by atoms with Gasteiger partial charge >= 0.3 is 12.4 Å². The second-order valence-electron chi connectivity index (χ2n) is 11.8. The minimum Gasteiger partial charge on any atom is -0.371 e. The lowest BCUT2D eigenvalue weighted by Gasteiger charge is -2.45. The van der Waals surface area contributed by atoms with Crippen LogP contribution in [-0.2, 0) is 28.5 Å². The van der Waals surface area contributed by atoms with Crippen LogP contribution < -0.4 is 5.73 Å². The molecule has 1 amide bonds. The topological polar surface area (TPSA) is 58.8 Å². The van der Waals surface area contributed by atoms with Crippen molar-refractivity contribution in [1.82, 2.24) is 9.80 Å². The zero-order valence-electron chi connectivity index (χ0n) is 23.5. The third-order valence-electron chi connectivity index (χ3n) is 8.52. The second kappa shape index (κ2) is 12.5. The van der Waals surface area contributed by atoms with Crippen LogP contribution in [-0.4, -0.2) is 59.1 Å². The van der Waals surface area contributed by atoms with Gasteiger partial charge in [-0.1, -0.05) is 25.1 Å². The summed E-state index contributed by atoms with van der Waals surface area (Å²) < 4.78 is 96.6. The number of rotatable bonds is 4. The minimum absolute atomic E-state index is 0.00344. The highest BCUT2D eigenvalue weighted by molar-refractivity contribution is 5.78. The number of piperidine rings is 2. The van der Waals surface area contributed by atoms with Gasteiger partial charge in [-0.15, -0.1) is 0 Å². The third kappa shape index (κ3) is 8.02. The average molecular weight is 604 g/mol. The van der Waals surface area contributed by atoms with Gasteiger partial charge in [0, 0.05) is 49.6 Å². The predicted octanol–water partition coefficient (Wildman–Crippen LogP) is 6.26. The summed E-state index contributed by atoms with van der Waals surface area (Å²) in [5, 5.41) is 0. The Morgan fingerprint density at radius 3 is 2.05 bits per heavy atom. The van der Waals surface area contributed by atoms with Crippen LogP contribution >= 0.6 is 0 Å². The smallest absolute Gasteiger partial charge is 0.371 e. The van der Waals surface area contributed by atoms with Gasteiger partial charge < -0.3 is 15.4 Å². The second-order valence-corrected chi connectivity index (χ2v) is 11.8. The lowest BCUT2D eigenvalue weighted by molar-refractivity contribution is -0.143. The molecule has 3 heterocycles. The number of ether oxygens (including phenoxy) is 1. The lowest BCUT2D eigenvalue weighted by atomic mass is 9.86. The zero-order chi connectivity index (χ0) is 30.9. The molecule has 5 rings (SSSR count). The SMILES string of the molecule is CC1C(OCc2cc(C(F)(F)F)cc(C(F)(F)F)c2)CN2C(=O)CC(N3CCC(C)(N)CC3)CC12.Fc1ccccc1. The molecule has 4 atom stereocenters. The van der Waals surface area contributed by atoms with E-state index in [2.05, 4.69) is 4.90 Å². The van der Waals surface area contributed by atoms with Crippen LogP contribution in [0.4, 0.5) is 30.7 Å². The fourth-order valence-corrected chi connectivity index (χ4v) is 5.94. The van der Waals surface area contributed by atoms with Crippen LogP contribution in [0.1, 0.15) is 56.2 Å². The van der Waals surface area contributed by atoms with E-state index in [9.17, 15) is 35.5 Å². The summed E-state index contributed by atoms with van der Waals surface area (Å²) in [6, 6.07) is 9.43. The van der Waals surface area contributed by atoms with E-state index >= 15 is 0 Å². The number of carbonyl (C=O) groups excluding carboxylic acids is 1. The first kappa shape index (κ1) is 32.2. The third-order valence-corrected chi connectivity index (χ3v) is 8.52. The van der Waals surface area contributed by atoms with Crippen molar-refractivity contribution in [2.45, 2.75) is 82.2 Å². The van der Waals surface area contributed by atoms with Crippen molar-refractivity contribution in [1.29, 1.82) is 0 Å². The van der Waals surface area contributed by atoms with Gasteiger partial charge in [0.1, 0.15) is 5.82 Å². The molecular weight excluding hydrogens is 567 g/mol. The van der Waals surface area contributed by atoms with Crippen LogP contribution in [0.2, 0.25) is 0 Å². The van der Waals surface area contributed by atoms with Crippen LogP contribution in [0.15, 0.2) is 48.5 Å². The highest BCUT2D eigenvalue weighted by Crippen LogP contribution is 2.39. The number of nitrogens with two attached hydrogens (primary N) is 1. The number of nitrogens with zero attached hydrogens (tertiary/aromatic N) is 2. The summed E-state index contributed by atoms with van der Waals surface area (Å²) in [7, 11) is 0. The van der Waals surface area contributed by atoms with Crippen LogP contribution in [0, 0.1) is 11.7 Å². The maximum atomic E-state index is 13.2. The number of alkyl halides is 6. The van der Waals surface area contributed by atoms with E-state index in [0.29, 0.717) is 18.6 Å². The monoisotopic (exact) mass is 603 g/mol. The number of carbonyl (C=O) groups is 1. The molecule has 2 aromatic carbocycles. The number of hydrogen-bond donors (Lipinski definition) is 1. The summed E-state index contributed by atoms with van der Waals surface area (Å²) in [6.07, 6.45) is -7.44. The van der Waals surface area contributed by atoms with Crippen molar-refractivity contribution in [2.75, 3.05) is 19.6 Å². The highest BCUT2D eigenvalue weighted by Gasteiger charge is 2.48. The molecule has 0 aliphatic carbocycles. The normalized spacial score (nSPS) is 26.4. The van der Waals surface area contributed by atoms with E-state index < -0.39 is 36.2 Å². The summed E-state index contributed by atoms with van der Waals surface area (Å²) in [5.41, 5.74) is 3.10. The van der Waals surface area contributed by atoms with Crippen molar-refractivity contribution in [3.63, 3.8) is 0 Å². The fraction of sp³-hybridized carbons (Fsp3) is 0.567. The van der Waals surface area contributed by atoms with E-state index in [-0.39, 0.29) is 53.4 Å². The quantitative estimate of drug-likeness (QED) is 0.420. The first-order valence-corrected chi connectivity index (χ1v) is 14.0. The van der Waals surface area contributed by atoms with E-state index in [4.69, 9.17) is 10.5 Å². The van der Waals surface area contributed by atoms with E-state index in [1.54, 1.807) is 23.1 Å². The Labute approximate surface area is 240 Å². The molecule has 4 unspecified atom stereocenters. The number of benzene rings is 2. The minimum atomic E-state index is -4.91. The molecule has 3 fully saturated rings. The van der Waals surface area contributed by atoms with Gasteiger partial charge in [-0.2, -0.15) is 26.3 Å². The Bertz CT molecular complexity index is 1180. The maximum absolute atomic E-state index is 13.2. The molecule has 0 bridgehead atoms. The van der Waals surface area contributed by atoms with E-state index in [1.165, 1.54) is 12.1 Å². The maximum Gasteiger partial charge on any atom is 0.416 e. The molecule has 0 spiro atoms. The van der Waals surface area contributed by atoms with Crippen molar-refractivity contribution < 1.29 is 40.3 Å². The Morgan fingerprint density at radius 1 is 0.976 bits per heavy atom. The molecule has 2 N–H and O–H groups in total. The van der Waals surface area contributed by atoms with Crippen LogP contribution in [0.3, 0.4) is 0 Å². The highest BCUT2D eigenvalue weighted by atomic mass is 19.4. The van der Waals surface area contributed by atoms with Gasteiger partial charge in [0.2, 0.25) is 5.91 Å². The molecule has 0 saturated carbocycles. The molecule has 0 radical (unpaired) electrons. The number of halogens is 7. The predicted molar refractivity (Wildman–Crippen MR) is 143 cm³/mol. The van der Waals surface area contributed by atoms with Gasteiger partial charge in [-0.05, 0) is 62.1 Å². The van der Waals surface area contributed by atoms with Crippen molar-refractivity contribution in [2.24, 2.45) is 11.7 Å². The van der Waals surface area contributed by atoms with Crippen LogP contribution in [0.25, 0.3) is 0 Å². The Morgan fingerprint density at radius 2 is 1.55 bits per heavy atom. The van der Waals surface area contributed by atoms with E-state index in [1.807, 2.05) is 13.8 Å². The summed E-state index contributed by atoms with van der Waals surface area (Å²) in [4.78, 5) is 17.0. The summed E-state index contributed by atoms with van der Waals surface area (Å²) in [6.45, 7) is 5.48. The van der Waals surface area contributed by atoms with Gasteiger partial charge in [-0.25, -0.2) is 4.39 Å². The molecule has 3 aliphatic rings. The molecule has 42 heavy (non-hydrogen) atoms. The Balaban J connectivity index is 0.000000507. The lowest BCUT2D eigenvalue weighted by Crippen LogP contribution is -2.56. The van der Waals surface area contributed by atoms with Crippen molar-refractivity contribution >= 4 is 5.91 Å². The van der Waals surface area contributed by atoms with Gasteiger partial charge in [0.15, 0.2) is 0 Å². The molecular formula is C30H36F7N3O2. The largest absolute Gasteiger partial charge is 0.416 e. The molecule has 232 valence electrons. The molecule has 2 aromatic rings.